The molecular weight excluding hydrogens is 256 g/mol. The van der Waals surface area contributed by atoms with E-state index in [-0.39, 0.29) is 11.9 Å². The fourth-order valence-corrected chi connectivity index (χ4v) is 2.57. The van der Waals surface area contributed by atoms with Gasteiger partial charge in [-0.2, -0.15) is 5.10 Å². The van der Waals surface area contributed by atoms with Crippen molar-refractivity contribution in [3.63, 3.8) is 0 Å². The molecule has 0 aromatic carbocycles. The van der Waals surface area contributed by atoms with E-state index in [1.54, 1.807) is 11.0 Å². The topological polar surface area (TPSA) is 77.6 Å². The van der Waals surface area contributed by atoms with Crippen molar-refractivity contribution in [1.82, 2.24) is 29.6 Å². The molecule has 0 aliphatic carbocycles. The number of imidazole rings is 1. The second-order valence-corrected chi connectivity index (χ2v) is 5.16. The molecule has 2 aromatic heterocycles. The number of carbonyl (C=O) groups is 1. The zero-order valence-corrected chi connectivity index (χ0v) is 11.5. The molecule has 0 fully saturated rings. The lowest BCUT2D eigenvalue weighted by Gasteiger charge is -2.24. The Labute approximate surface area is 117 Å². The minimum absolute atomic E-state index is 0.0609. The van der Waals surface area contributed by atoms with Crippen LogP contribution in [0.2, 0.25) is 0 Å². The highest BCUT2D eigenvalue weighted by atomic mass is 16.1. The first-order chi connectivity index (χ1) is 9.70. The van der Waals surface area contributed by atoms with Gasteiger partial charge in [-0.1, -0.05) is 0 Å². The summed E-state index contributed by atoms with van der Waals surface area (Å²) in [7, 11) is 0. The standard InChI is InChI=1S/C13H18N6O/c1-10-6-18-7-11(2-3-12(18)16-10)17-13(20)4-5-19-9-14-8-15-19/h6,8-9,11H,2-5,7H2,1H3,(H,17,20)/t11-/m0/s1. The fourth-order valence-electron chi connectivity index (χ4n) is 2.57. The molecule has 7 heteroatoms. The van der Waals surface area contributed by atoms with Crippen molar-refractivity contribution in [1.29, 1.82) is 0 Å². The number of aryl methyl sites for hydroxylation is 3. The van der Waals surface area contributed by atoms with Crippen LogP contribution >= 0.6 is 0 Å². The summed E-state index contributed by atoms with van der Waals surface area (Å²) in [6.45, 7) is 3.37. The predicted octanol–water partition coefficient (Wildman–Crippen LogP) is 0.304. The van der Waals surface area contributed by atoms with E-state index in [1.165, 1.54) is 6.33 Å². The molecule has 0 spiro atoms. The first kappa shape index (κ1) is 12.8. The third-order valence-corrected chi connectivity index (χ3v) is 3.51. The second kappa shape index (κ2) is 5.44. The Morgan fingerprint density at radius 1 is 1.55 bits per heavy atom. The molecule has 3 heterocycles. The molecule has 1 atom stereocenters. The smallest absolute Gasteiger partial charge is 0.222 e. The highest BCUT2D eigenvalue weighted by Crippen LogP contribution is 2.15. The van der Waals surface area contributed by atoms with Crippen LogP contribution < -0.4 is 5.32 Å². The normalized spacial score (nSPS) is 17.8. The summed E-state index contributed by atoms with van der Waals surface area (Å²) < 4.78 is 3.80. The average molecular weight is 274 g/mol. The largest absolute Gasteiger partial charge is 0.352 e. The van der Waals surface area contributed by atoms with Crippen LogP contribution in [0.1, 0.15) is 24.4 Å². The quantitative estimate of drug-likeness (QED) is 0.870. The van der Waals surface area contributed by atoms with Gasteiger partial charge in [0.15, 0.2) is 0 Å². The molecule has 0 saturated heterocycles. The number of hydrogen-bond donors (Lipinski definition) is 1. The van der Waals surface area contributed by atoms with Crippen LogP contribution in [-0.2, 0) is 24.3 Å². The molecule has 1 aliphatic heterocycles. The second-order valence-electron chi connectivity index (χ2n) is 5.16. The van der Waals surface area contributed by atoms with E-state index in [1.807, 2.05) is 13.1 Å². The number of aromatic nitrogens is 5. The number of carbonyl (C=O) groups excluding carboxylic acids is 1. The van der Waals surface area contributed by atoms with Gasteiger partial charge in [0, 0.05) is 31.6 Å². The number of rotatable bonds is 4. The van der Waals surface area contributed by atoms with Gasteiger partial charge < -0.3 is 9.88 Å². The van der Waals surface area contributed by atoms with Gasteiger partial charge in [-0.3, -0.25) is 9.48 Å². The van der Waals surface area contributed by atoms with Crippen LogP contribution in [0.3, 0.4) is 0 Å². The number of fused-ring (bicyclic) bond motifs is 1. The summed E-state index contributed by atoms with van der Waals surface area (Å²) in [6, 6.07) is 0.194. The van der Waals surface area contributed by atoms with Crippen molar-refractivity contribution in [3.05, 3.63) is 30.4 Å². The van der Waals surface area contributed by atoms with Crippen LogP contribution in [0.4, 0.5) is 0 Å². The van der Waals surface area contributed by atoms with Crippen molar-refractivity contribution < 1.29 is 4.79 Å². The Bertz CT molecular complexity index is 588. The van der Waals surface area contributed by atoms with Gasteiger partial charge in [-0.05, 0) is 13.3 Å². The average Bonchev–Trinajstić information content (AvgIpc) is 3.04. The molecule has 0 radical (unpaired) electrons. The maximum absolute atomic E-state index is 11.9. The molecule has 106 valence electrons. The van der Waals surface area contributed by atoms with Crippen molar-refractivity contribution in [3.8, 4) is 0 Å². The van der Waals surface area contributed by atoms with Gasteiger partial charge in [0.05, 0.1) is 12.2 Å². The third kappa shape index (κ3) is 2.87. The van der Waals surface area contributed by atoms with E-state index in [0.717, 1.165) is 30.9 Å². The summed E-state index contributed by atoms with van der Waals surface area (Å²) in [5.41, 5.74) is 1.04. The van der Waals surface area contributed by atoms with Gasteiger partial charge in [0.2, 0.25) is 5.91 Å². The minimum Gasteiger partial charge on any atom is -0.352 e. The van der Waals surface area contributed by atoms with Crippen LogP contribution in [0.5, 0.6) is 0 Å². The lowest BCUT2D eigenvalue weighted by Crippen LogP contribution is -2.41. The molecule has 0 unspecified atom stereocenters. The van der Waals surface area contributed by atoms with E-state index in [0.29, 0.717) is 13.0 Å². The maximum atomic E-state index is 11.9. The Hall–Kier alpha value is -2.18. The molecule has 7 nitrogen and oxygen atoms in total. The molecular formula is C13H18N6O. The van der Waals surface area contributed by atoms with Gasteiger partial charge in [-0.15, -0.1) is 0 Å². The number of hydrogen-bond acceptors (Lipinski definition) is 4. The third-order valence-electron chi connectivity index (χ3n) is 3.51. The van der Waals surface area contributed by atoms with E-state index >= 15 is 0 Å². The lowest BCUT2D eigenvalue weighted by molar-refractivity contribution is -0.122. The Morgan fingerprint density at radius 2 is 2.45 bits per heavy atom. The van der Waals surface area contributed by atoms with Gasteiger partial charge in [0.25, 0.3) is 0 Å². The first-order valence-corrected chi connectivity index (χ1v) is 6.85. The minimum atomic E-state index is 0.0609. The molecule has 1 N–H and O–H groups in total. The molecule has 0 saturated carbocycles. The van der Waals surface area contributed by atoms with E-state index in [4.69, 9.17) is 0 Å². The van der Waals surface area contributed by atoms with Gasteiger partial charge in [0.1, 0.15) is 18.5 Å². The van der Waals surface area contributed by atoms with Gasteiger partial charge >= 0.3 is 0 Å². The van der Waals surface area contributed by atoms with Crippen molar-refractivity contribution >= 4 is 5.91 Å². The van der Waals surface area contributed by atoms with Gasteiger partial charge in [-0.25, -0.2) is 9.97 Å². The summed E-state index contributed by atoms with van der Waals surface area (Å²) in [5.74, 6) is 1.18. The van der Waals surface area contributed by atoms with Crippen LogP contribution in [-0.4, -0.2) is 36.3 Å². The fraction of sp³-hybridized carbons (Fsp3) is 0.538. The Morgan fingerprint density at radius 3 is 3.25 bits per heavy atom. The highest BCUT2D eigenvalue weighted by Gasteiger charge is 2.20. The zero-order chi connectivity index (χ0) is 13.9. The first-order valence-electron chi connectivity index (χ1n) is 6.85. The molecule has 1 amide bonds. The monoisotopic (exact) mass is 274 g/mol. The molecule has 3 rings (SSSR count). The lowest BCUT2D eigenvalue weighted by atomic mass is 10.1. The van der Waals surface area contributed by atoms with Crippen LogP contribution in [0, 0.1) is 6.92 Å². The predicted molar refractivity (Wildman–Crippen MR) is 71.9 cm³/mol. The van der Waals surface area contributed by atoms with Crippen molar-refractivity contribution in [2.45, 2.75) is 45.3 Å². The summed E-state index contributed by atoms with van der Waals surface area (Å²) in [4.78, 5) is 20.2. The SMILES string of the molecule is Cc1cn2c(n1)CC[C@H](NC(=O)CCn1cncn1)C2. The van der Waals surface area contributed by atoms with Crippen LogP contribution in [0.25, 0.3) is 0 Å². The molecule has 2 aromatic rings. The van der Waals surface area contributed by atoms with Crippen molar-refractivity contribution in [2.24, 2.45) is 0 Å². The summed E-state index contributed by atoms with van der Waals surface area (Å²) >= 11 is 0. The summed E-state index contributed by atoms with van der Waals surface area (Å²) in [6.07, 6.45) is 7.43. The number of nitrogens with zero attached hydrogens (tertiary/aromatic N) is 5. The Kier molecular flexibility index (Phi) is 3.49. The van der Waals surface area contributed by atoms with E-state index in [2.05, 4.69) is 25.0 Å². The zero-order valence-electron chi connectivity index (χ0n) is 11.5. The molecule has 0 bridgehead atoms. The van der Waals surface area contributed by atoms with Crippen molar-refractivity contribution in [2.75, 3.05) is 0 Å². The maximum Gasteiger partial charge on any atom is 0.222 e. The molecule has 20 heavy (non-hydrogen) atoms. The number of amides is 1. The number of nitrogens with one attached hydrogen (secondary N) is 1. The van der Waals surface area contributed by atoms with E-state index in [9.17, 15) is 4.79 Å². The van der Waals surface area contributed by atoms with Crippen LogP contribution in [0.15, 0.2) is 18.9 Å². The Balaban J connectivity index is 1.50. The summed E-state index contributed by atoms with van der Waals surface area (Å²) in [5, 5.41) is 7.06. The highest BCUT2D eigenvalue weighted by molar-refractivity contribution is 5.76. The molecule has 1 aliphatic rings. The van der Waals surface area contributed by atoms with E-state index < -0.39 is 0 Å².